The standard InChI is InChI=1S/C6H14O5S/c1-4-10-5-6(2,3)11-12(7,8)9/h4-5H2,1-3H3,(H,7,8,9). The molecule has 0 atom stereocenters. The van der Waals surface area contributed by atoms with E-state index in [0.29, 0.717) is 6.61 Å². The topological polar surface area (TPSA) is 72.8 Å². The van der Waals surface area contributed by atoms with Crippen molar-refractivity contribution in [1.82, 2.24) is 0 Å². The van der Waals surface area contributed by atoms with Crippen molar-refractivity contribution in [3.05, 3.63) is 0 Å². The van der Waals surface area contributed by atoms with Crippen LogP contribution in [0.25, 0.3) is 0 Å². The smallest absolute Gasteiger partial charge is 0.379 e. The molecule has 0 rings (SSSR count). The summed E-state index contributed by atoms with van der Waals surface area (Å²) in [5.41, 5.74) is -1.02. The molecule has 0 spiro atoms. The Kier molecular flexibility index (Phi) is 4.12. The SMILES string of the molecule is CCOCC(C)(C)OS(=O)(=O)O. The van der Waals surface area contributed by atoms with E-state index in [1.807, 2.05) is 0 Å². The Morgan fingerprint density at radius 2 is 1.92 bits per heavy atom. The normalized spacial score (nSPS) is 13.3. The van der Waals surface area contributed by atoms with Crippen molar-refractivity contribution in [1.29, 1.82) is 0 Å². The second-order valence-corrected chi connectivity index (χ2v) is 3.93. The van der Waals surface area contributed by atoms with Gasteiger partial charge in [0, 0.05) is 6.61 Å². The molecular formula is C6H14O5S. The monoisotopic (exact) mass is 198 g/mol. The molecule has 0 aromatic heterocycles. The molecule has 0 amide bonds. The summed E-state index contributed by atoms with van der Waals surface area (Å²) >= 11 is 0. The Morgan fingerprint density at radius 1 is 1.42 bits per heavy atom. The van der Waals surface area contributed by atoms with Gasteiger partial charge in [-0.05, 0) is 20.8 Å². The van der Waals surface area contributed by atoms with Crippen LogP contribution in [0, 0.1) is 0 Å². The van der Waals surface area contributed by atoms with E-state index in [4.69, 9.17) is 9.29 Å². The zero-order valence-corrected chi connectivity index (χ0v) is 8.22. The molecule has 0 aromatic carbocycles. The molecule has 0 unspecified atom stereocenters. The lowest BCUT2D eigenvalue weighted by molar-refractivity contribution is -0.00126. The van der Waals surface area contributed by atoms with E-state index >= 15 is 0 Å². The van der Waals surface area contributed by atoms with E-state index in [1.54, 1.807) is 6.92 Å². The van der Waals surface area contributed by atoms with E-state index in [-0.39, 0.29) is 6.61 Å². The second kappa shape index (κ2) is 4.18. The highest BCUT2D eigenvalue weighted by atomic mass is 32.3. The first kappa shape index (κ1) is 11.8. The number of ether oxygens (including phenoxy) is 1. The van der Waals surface area contributed by atoms with Gasteiger partial charge in [-0.2, -0.15) is 8.42 Å². The number of hydrogen-bond acceptors (Lipinski definition) is 4. The highest BCUT2D eigenvalue weighted by Gasteiger charge is 2.25. The molecule has 0 fully saturated rings. The zero-order valence-electron chi connectivity index (χ0n) is 7.40. The van der Waals surface area contributed by atoms with Crippen LogP contribution in [0.1, 0.15) is 20.8 Å². The van der Waals surface area contributed by atoms with Gasteiger partial charge in [0.15, 0.2) is 0 Å². The van der Waals surface area contributed by atoms with E-state index < -0.39 is 16.0 Å². The zero-order chi connectivity index (χ0) is 9.83. The maximum atomic E-state index is 10.3. The molecule has 12 heavy (non-hydrogen) atoms. The van der Waals surface area contributed by atoms with Crippen molar-refractivity contribution >= 4 is 10.4 Å². The first-order chi connectivity index (χ1) is 5.27. The molecule has 0 saturated carbocycles. The van der Waals surface area contributed by atoms with Crippen LogP contribution >= 0.6 is 0 Å². The third kappa shape index (κ3) is 6.53. The number of hydrogen-bond donors (Lipinski definition) is 1. The summed E-state index contributed by atoms with van der Waals surface area (Å²) in [6, 6.07) is 0. The predicted octanol–water partition coefficient (Wildman–Crippen LogP) is 0.621. The Labute approximate surface area is 72.6 Å². The molecule has 0 saturated heterocycles. The van der Waals surface area contributed by atoms with Gasteiger partial charge in [-0.1, -0.05) is 0 Å². The highest BCUT2D eigenvalue weighted by Crippen LogP contribution is 2.12. The van der Waals surface area contributed by atoms with Gasteiger partial charge >= 0.3 is 10.4 Å². The van der Waals surface area contributed by atoms with Gasteiger partial charge in [0.2, 0.25) is 0 Å². The summed E-state index contributed by atoms with van der Waals surface area (Å²) in [7, 11) is -4.39. The molecule has 0 aliphatic carbocycles. The first-order valence-electron chi connectivity index (χ1n) is 3.52. The average molecular weight is 198 g/mol. The summed E-state index contributed by atoms with van der Waals surface area (Å²) in [5.74, 6) is 0. The van der Waals surface area contributed by atoms with Gasteiger partial charge in [-0.3, -0.25) is 4.55 Å². The fourth-order valence-corrected chi connectivity index (χ4v) is 1.28. The molecule has 6 heteroatoms. The molecule has 74 valence electrons. The van der Waals surface area contributed by atoms with Gasteiger partial charge in [0.1, 0.15) is 5.60 Å². The molecule has 0 heterocycles. The molecule has 1 N–H and O–H groups in total. The Morgan fingerprint density at radius 3 is 2.25 bits per heavy atom. The molecule has 0 aliphatic rings. The summed E-state index contributed by atoms with van der Waals surface area (Å²) in [4.78, 5) is 0. The minimum absolute atomic E-state index is 0.114. The summed E-state index contributed by atoms with van der Waals surface area (Å²) in [6.45, 7) is 5.39. The van der Waals surface area contributed by atoms with Crippen molar-refractivity contribution < 1.29 is 21.9 Å². The fraction of sp³-hybridized carbons (Fsp3) is 1.00. The van der Waals surface area contributed by atoms with Gasteiger partial charge < -0.3 is 4.74 Å². The Balaban J connectivity index is 4.04. The van der Waals surface area contributed by atoms with Crippen LogP contribution in [0.3, 0.4) is 0 Å². The van der Waals surface area contributed by atoms with Crippen molar-refractivity contribution in [3.63, 3.8) is 0 Å². The van der Waals surface area contributed by atoms with Gasteiger partial charge in [0.05, 0.1) is 6.61 Å². The van der Waals surface area contributed by atoms with E-state index in [0.717, 1.165) is 0 Å². The molecule has 0 bridgehead atoms. The molecule has 0 radical (unpaired) electrons. The lowest BCUT2D eigenvalue weighted by atomic mass is 10.2. The van der Waals surface area contributed by atoms with Crippen LogP contribution in [0.2, 0.25) is 0 Å². The predicted molar refractivity (Wildman–Crippen MR) is 43.2 cm³/mol. The Bertz CT molecular complexity index is 218. The first-order valence-corrected chi connectivity index (χ1v) is 4.89. The fourth-order valence-electron chi connectivity index (χ4n) is 0.657. The van der Waals surface area contributed by atoms with Gasteiger partial charge in [-0.25, -0.2) is 4.18 Å². The van der Waals surface area contributed by atoms with Crippen LogP contribution in [0.15, 0.2) is 0 Å². The van der Waals surface area contributed by atoms with Crippen LogP contribution in [-0.4, -0.2) is 31.8 Å². The van der Waals surface area contributed by atoms with E-state index in [2.05, 4.69) is 4.18 Å². The molecule has 0 aromatic rings. The second-order valence-electron chi connectivity index (χ2n) is 2.91. The molecular weight excluding hydrogens is 184 g/mol. The quantitative estimate of drug-likeness (QED) is 0.655. The van der Waals surface area contributed by atoms with E-state index in [9.17, 15) is 8.42 Å². The Hall–Kier alpha value is -0.170. The van der Waals surface area contributed by atoms with Crippen LogP contribution in [0.4, 0.5) is 0 Å². The van der Waals surface area contributed by atoms with Crippen LogP contribution in [-0.2, 0) is 19.3 Å². The van der Waals surface area contributed by atoms with Crippen molar-refractivity contribution in [3.8, 4) is 0 Å². The van der Waals surface area contributed by atoms with Crippen molar-refractivity contribution in [2.75, 3.05) is 13.2 Å². The largest absolute Gasteiger partial charge is 0.397 e. The van der Waals surface area contributed by atoms with Crippen molar-refractivity contribution in [2.45, 2.75) is 26.4 Å². The lowest BCUT2D eigenvalue weighted by Gasteiger charge is -2.21. The number of rotatable bonds is 5. The van der Waals surface area contributed by atoms with E-state index in [1.165, 1.54) is 13.8 Å². The maximum absolute atomic E-state index is 10.3. The summed E-state index contributed by atoms with van der Waals surface area (Å²) < 4.78 is 38.2. The molecule has 0 aliphatic heterocycles. The molecule has 5 nitrogen and oxygen atoms in total. The third-order valence-electron chi connectivity index (χ3n) is 0.985. The maximum Gasteiger partial charge on any atom is 0.397 e. The summed E-state index contributed by atoms with van der Waals surface area (Å²) in [5, 5.41) is 0. The van der Waals surface area contributed by atoms with Gasteiger partial charge in [-0.15, -0.1) is 0 Å². The minimum atomic E-state index is -4.39. The van der Waals surface area contributed by atoms with Crippen LogP contribution < -0.4 is 0 Å². The average Bonchev–Trinajstić information content (AvgIpc) is 1.78. The van der Waals surface area contributed by atoms with Gasteiger partial charge in [0.25, 0.3) is 0 Å². The highest BCUT2D eigenvalue weighted by molar-refractivity contribution is 7.80. The van der Waals surface area contributed by atoms with Crippen molar-refractivity contribution in [2.24, 2.45) is 0 Å². The third-order valence-corrected chi connectivity index (χ3v) is 1.65. The summed E-state index contributed by atoms with van der Waals surface area (Å²) in [6.07, 6.45) is 0. The lowest BCUT2D eigenvalue weighted by Crippen LogP contribution is -2.33. The minimum Gasteiger partial charge on any atom is -0.379 e. The van der Waals surface area contributed by atoms with Crippen LogP contribution in [0.5, 0.6) is 0 Å².